The van der Waals surface area contributed by atoms with Crippen LogP contribution in [0.4, 0.5) is 0 Å². The van der Waals surface area contributed by atoms with E-state index in [9.17, 15) is 4.79 Å². The van der Waals surface area contributed by atoms with Crippen LogP contribution in [0.3, 0.4) is 0 Å². The average Bonchev–Trinajstić information content (AvgIpc) is 3.26. The molecule has 2 aromatic carbocycles. The number of rotatable bonds is 9. The Morgan fingerprint density at radius 3 is 2.50 bits per heavy atom. The summed E-state index contributed by atoms with van der Waals surface area (Å²) in [5, 5.41) is 4.21. The first kappa shape index (κ1) is 22.1. The summed E-state index contributed by atoms with van der Waals surface area (Å²) in [6.07, 6.45) is 7.98. The Morgan fingerprint density at radius 1 is 1.03 bits per heavy atom. The van der Waals surface area contributed by atoms with Crippen LogP contribution in [0.2, 0.25) is 0 Å². The summed E-state index contributed by atoms with van der Waals surface area (Å²) >= 11 is 0. The fourth-order valence-corrected chi connectivity index (χ4v) is 4.13. The van der Waals surface area contributed by atoms with Crippen molar-refractivity contribution in [1.29, 1.82) is 0 Å². The summed E-state index contributed by atoms with van der Waals surface area (Å²) in [6.45, 7) is 4.02. The van der Waals surface area contributed by atoms with Crippen molar-refractivity contribution < 1.29 is 14.3 Å². The van der Waals surface area contributed by atoms with Gasteiger partial charge in [0.25, 0.3) is 0 Å². The van der Waals surface area contributed by atoms with Crippen molar-refractivity contribution in [2.45, 2.75) is 25.7 Å². The molecule has 1 aliphatic rings. The molecule has 32 heavy (non-hydrogen) atoms. The van der Waals surface area contributed by atoms with Crippen molar-refractivity contribution in [2.24, 2.45) is 7.05 Å². The van der Waals surface area contributed by atoms with Gasteiger partial charge in [-0.05, 0) is 61.3 Å². The molecule has 0 radical (unpaired) electrons. The van der Waals surface area contributed by atoms with Gasteiger partial charge in [-0.3, -0.25) is 14.4 Å². The van der Waals surface area contributed by atoms with Crippen LogP contribution in [-0.4, -0.2) is 53.8 Å². The highest BCUT2D eigenvalue weighted by Crippen LogP contribution is 2.28. The molecule has 0 amide bonds. The van der Waals surface area contributed by atoms with E-state index in [1.807, 2.05) is 55.7 Å². The third-order valence-electron chi connectivity index (χ3n) is 5.95. The fraction of sp³-hybridized carbons (Fsp3) is 0.385. The Morgan fingerprint density at radius 2 is 1.81 bits per heavy atom. The topological polar surface area (TPSA) is 56.6 Å². The minimum atomic E-state index is 0.0263. The molecule has 4 rings (SSSR count). The zero-order chi connectivity index (χ0) is 22.3. The number of hydrogen-bond acceptors (Lipinski definition) is 5. The Labute approximate surface area is 189 Å². The zero-order valence-corrected chi connectivity index (χ0v) is 18.9. The molecule has 6 heteroatoms. The molecular weight excluding hydrogens is 402 g/mol. The van der Waals surface area contributed by atoms with Gasteiger partial charge in [-0.2, -0.15) is 5.10 Å². The van der Waals surface area contributed by atoms with Crippen molar-refractivity contribution in [2.75, 3.05) is 33.4 Å². The lowest BCUT2D eigenvalue weighted by atomic mass is 9.99. The van der Waals surface area contributed by atoms with Crippen molar-refractivity contribution in [3.05, 3.63) is 66.0 Å². The maximum absolute atomic E-state index is 12.9. The largest absolute Gasteiger partial charge is 0.496 e. The summed E-state index contributed by atoms with van der Waals surface area (Å²) in [4.78, 5) is 15.4. The monoisotopic (exact) mass is 433 g/mol. The summed E-state index contributed by atoms with van der Waals surface area (Å²) in [5.41, 5.74) is 3.50. The molecule has 0 spiro atoms. The summed E-state index contributed by atoms with van der Waals surface area (Å²) in [6, 6.07) is 13.5. The molecule has 1 saturated heterocycles. The van der Waals surface area contributed by atoms with Gasteiger partial charge in [0, 0.05) is 31.8 Å². The third kappa shape index (κ3) is 5.56. The van der Waals surface area contributed by atoms with E-state index in [4.69, 9.17) is 9.47 Å². The molecule has 0 N–H and O–H groups in total. The van der Waals surface area contributed by atoms with Crippen LogP contribution < -0.4 is 9.47 Å². The second-order valence-electron chi connectivity index (χ2n) is 8.31. The molecule has 0 bridgehead atoms. The first-order valence-corrected chi connectivity index (χ1v) is 11.3. The van der Waals surface area contributed by atoms with Crippen LogP contribution in [0.25, 0.3) is 11.1 Å². The number of aromatic nitrogens is 2. The number of likely N-dealkylation sites (tertiary alicyclic amines) is 1. The van der Waals surface area contributed by atoms with Crippen LogP contribution in [0, 0.1) is 0 Å². The number of carbonyl (C=O) groups is 1. The molecule has 0 atom stereocenters. The van der Waals surface area contributed by atoms with Gasteiger partial charge in [-0.1, -0.05) is 24.6 Å². The van der Waals surface area contributed by atoms with Crippen molar-refractivity contribution in [3.63, 3.8) is 0 Å². The Bertz CT molecular complexity index is 1040. The van der Waals surface area contributed by atoms with E-state index in [2.05, 4.69) is 10.00 Å². The number of aryl methyl sites for hydroxylation is 1. The molecule has 1 aliphatic heterocycles. The number of nitrogens with zero attached hydrogens (tertiary/aromatic N) is 3. The maximum Gasteiger partial charge on any atom is 0.170 e. The SMILES string of the molecule is COc1cc(-c2cnn(C)c2)ccc1C(=O)Cc1ccc(OCCN2CCCCC2)cc1. The molecule has 6 nitrogen and oxygen atoms in total. The second kappa shape index (κ2) is 10.5. The van der Waals surface area contributed by atoms with Gasteiger partial charge in [0.2, 0.25) is 0 Å². The number of ether oxygens (including phenoxy) is 2. The van der Waals surface area contributed by atoms with Crippen LogP contribution in [-0.2, 0) is 13.5 Å². The highest BCUT2D eigenvalue weighted by molar-refractivity contribution is 6.00. The molecular formula is C26H31N3O3. The molecule has 0 unspecified atom stereocenters. The second-order valence-corrected chi connectivity index (χ2v) is 8.31. The van der Waals surface area contributed by atoms with Gasteiger partial charge in [-0.15, -0.1) is 0 Å². The molecule has 168 valence electrons. The van der Waals surface area contributed by atoms with Crippen LogP contribution in [0.1, 0.15) is 35.2 Å². The summed E-state index contributed by atoms with van der Waals surface area (Å²) in [7, 11) is 3.47. The lowest BCUT2D eigenvalue weighted by Gasteiger charge is -2.26. The summed E-state index contributed by atoms with van der Waals surface area (Å²) < 4.78 is 13.2. The molecule has 0 aliphatic carbocycles. The fourth-order valence-electron chi connectivity index (χ4n) is 4.13. The number of methoxy groups -OCH3 is 1. The predicted octanol–water partition coefficient (Wildman–Crippen LogP) is 4.39. The lowest BCUT2D eigenvalue weighted by molar-refractivity contribution is 0.0990. The van der Waals surface area contributed by atoms with Crippen LogP contribution in [0.15, 0.2) is 54.9 Å². The summed E-state index contributed by atoms with van der Waals surface area (Å²) in [5.74, 6) is 1.45. The van der Waals surface area contributed by atoms with E-state index in [1.165, 1.54) is 32.4 Å². The number of carbonyl (C=O) groups excluding carboxylic acids is 1. The van der Waals surface area contributed by atoms with E-state index in [-0.39, 0.29) is 5.78 Å². The van der Waals surface area contributed by atoms with E-state index < -0.39 is 0 Å². The Kier molecular flexibility index (Phi) is 7.22. The molecule has 2 heterocycles. The van der Waals surface area contributed by atoms with Crippen molar-refractivity contribution in [1.82, 2.24) is 14.7 Å². The zero-order valence-electron chi connectivity index (χ0n) is 18.9. The van der Waals surface area contributed by atoms with Gasteiger partial charge in [-0.25, -0.2) is 0 Å². The molecule has 1 fully saturated rings. The minimum absolute atomic E-state index is 0.0263. The normalized spacial score (nSPS) is 14.3. The first-order chi connectivity index (χ1) is 15.6. The van der Waals surface area contributed by atoms with E-state index >= 15 is 0 Å². The number of benzene rings is 2. The average molecular weight is 434 g/mol. The lowest BCUT2D eigenvalue weighted by Crippen LogP contribution is -2.33. The molecule has 3 aromatic rings. The first-order valence-electron chi connectivity index (χ1n) is 11.3. The number of Topliss-reactive ketones (excluding diaryl/α,β-unsaturated/α-hetero) is 1. The smallest absolute Gasteiger partial charge is 0.170 e. The molecule has 1 aromatic heterocycles. The van der Waals surface area contributed by atoms with Crippen molar-refractivity contribution in [3.8, 4) is 22.6 Å². The third-order valence-corrected chi connectivity index (χ3v) is 5.95. The highest BCUT2D eigenvalue weighted by Gasteiger charge is 2.15. The maximum atomic E-state index is 12.9. The van der Waals surface area contributed by atoms with Crippen molar-refractivity contribution >= 4 is 5.78 Å². The van der Waals surface area contributed by atoms with Gasteiger partial charge < -0.3 is 9.47 Å². The van der Waals surface area contributed by atoms with E-state index in [0.717, 1.165) is 29.0 Å². The Balaban J connectivity index is 1.34. The molecule has 0 saturated carbocycles. The Hall–Kier alpha value is -3.12. The predicted molar refractivity (Wildman–Crippen MR) is 125 cm³/mol. The highest BCUT2D eigenvalue weighted by atomic mass is 16.5. The van der Waals surface area contributed by atoms with E-state index in [1.54, 1.807) is 18.0 Å². The standard InChI is InChI=1S/C26H31N3O3/c1-28-19-22(18-27-28)21-8-11-24(26(17-21)31-2)25(30)16-20-6-9-23(10-7-20)32-15-14-29-12-4-3-5-13-29/h6-11,17-19H,3-5,12-16H2,1-2H3. The van der Waals surface area contributed by atoms with Crippen LogP contribution >= 0.6 is 0 Å². The van der Waals surface area contributed by atoms with Gasteiger partial charge in [0.1, 0.15) is 18.1 Å². The number of ketones is 1. The number of hydrogen-bond donors (Lipinski definition) is 0. The van der Waals surface area contributed by atoms with Gasteiger partial charge >= 0.3 is 0 Å². The minimum Gasteiger partial charge on any atom is -0.496 e. The van der Waals surface area contributed by atoms with Gasteiger partial charge in [0.15, 0.2) is 5.78 Å². The number of piperidine rings is 1. The van der Waals surface area contributed by atoms with E-state index in [0.29, 0.717) is 24.3 Å². The quantitative estimate of drug-likeness (QED) is 0.469. The van der Waals surface area contributed by atoms with Crippen LogP contribution in [0.5, 0.6) is 11.5 Å². The van der Waals surface area contributed by atoms with Gasteiger partial charge in [0.05, 0.1) is 18.9 Å².